The Balaban J connectivity index is 1.80. The molecule has 0 aromatic carbocycles. The summed E-state index contributed by atoms with van der Waals surface area (Å²) in [5.74, 6) is -0.467. The molecule has 0 heterocycles. The fourth-order valence-electron chi connectivity index (χ4n) is 4.24. The molecule has 0 aliphatic heterocycles. The molecule has 0 amide bonds. The van der Waals surface area contributed by atoms with Crippen molar-refractivity contribution in [3.8, 4) is 0 Å². The van der Waals surface area contributed by atoms with E-state index in [0.29, 0.717) is 36.4 Å². The van der Waals surface area contributed by atoms with Gasteiger partial charge >= 0.3 is 5.97 Å². The molecule has 0 aromatic heterocycles. The fraction of sp³-hybridized carbons (Fsp3) is 0.652. The van der Waals surface area contributed by atoms with Crippen molar-refractivity contribution in [1.82, 2.24) is 0 Å². The number of Topliss-reactive ketones (excluding diaryl/α,β-unsaturated/α-hetero) is 1. The lowest BCUT2D eigenvalue weighted by molar-refractivity contribution is -0.146. The van der Waals surface area contributed by atoms with Crippen LogP contribution in [0.4, 0.5) is 0 Å². The molecule has 2 aliphatic carbocycles. The van der Waals surface area contributed by atoms with Crippen LogP contribution < -0.4 is 0 Å². The maximum absolute atomic E-state index is 12.2. The van der Waals surface area contributed by atoms with Crippen LogP contribution in [0.3, 0.4) is 0 Å². The Morgan fingerprint density at radius 3 is 2.59 bits per heavy atom. The van der Waals surface area contributed by atoms with Crippen LogP contribution in [0.25, 0.3) is 0 Å². The Kier molecular flexibility index (Phi) is 8.49. The van der Waals surface area contributed by atoms with Gasteiger partial charge in [-0.15, -0.1) is 0 Å². The highest BCUT2D eigenvalue weighted by molar-refractivity contribution is 5.83. The van der Waals surface area contributed by atoms with Crippen molar-refractivity contribution in [3.63, 3.8) is 0 Å². The topological polar surface area (TPSA) is 74.6 Å². The fourth-order valence-corrected chi connectivity index (χ4v) is 4.24. The molecule has 2 fully saturated rings. The third-order valence-electron chi connectivity index (χ3n) is 6.24. The summed E-state index contributed by atoms with van der Waals surface area (Å²) < 4.78 is 0. The van der Waals surface area contributed by atoms with Gasteiger partial charge in [-0.2, -0.15) is 0 Å². The zero-order chi connectivity index (χ0) is 19.7. The van der Waals surface area contributed by atoms with Gasteiger partial charge in [-0.25, -0.2) is 4.79 Å². The number of hydrogen-bond acceptors (Lipinski definition) is 3. The maximum atomic E-state index is 12.2. The highest BCUT2D eigenvalue weighted by Gasteiger charge is 2.35. The Labute approximate surface area is 163 Å². The molecular weight excluding hydrogens is 340 g/mol. The van der Waals surface area contributed by atoms with Gasteiger partial charge in [-0.1, -0.05) is 42.9 Å². The van der Waals surface area contributed by atoms with Gasteiger partial charge in [0.05, 0.1) is 0 Å². The minimum absolute atomic E-state index is 0.0507. The normalized spacial score (nSPS) is 26.2. The predicted molar refractivity (Wildman–Crippen MR) is 107 cm³/mol. The summed E-state index contributed by atoms with van der Waals surface area (Å²) in [6.45, 7) is 2.08. The van der Waals surface area contributed by atoms with E-state index < -0.39 is 12.1 Å². The summed E-state index contributed by atoms with van der Waals surface area (Å²) in [6, 6.07) is 0. The smallest absolute Gasteiger partial charge is 0.332 e. The van der Waals surface area contributed by atoms with Crippen LogP contribution in [0, 0.1) is 17.3 Å². The molecule has 0 spiro atoms. The largest absolute Gasteiger partial charge is 0.479 e. The van der Waals surface area contributed by atoms with Gasteiger partial charge in [0.25, 0.3) is 0 Å². The highest BCUT2D eigenvalue weighted by Crippen LogP contribution is 2.47. The minimum Gasteiger partial charge on any atom is -0.479 e. The lowest BCUT2D eigenvalue weighted by Crippen LogP contribution is -2.28. The molecule has 2 saturated carbocycles. The molecular formula is C23H34O4. The van der Waals surface area contributed by atoms with Gasteiger partial charge in [-0.05, 0) is 69.6 Å². The van der Waals surface area contributed by atoms with Crippen LogP contribution in [-0.4, -0.2) is 28.1 Å². The lowest BCUT2D eigenvalue weighted by Gasteiger charge is -2.41. The molecule has 0 saturated heterocycles. The van der Waals surface area contributed by atoms with Crippen LogP contribution in [0.15, 0.2) is 36.5 Å². The molecule has 150 valence electrons. The Bertz CT molecular complexity index is 583. The van der Waals surface area contributed by atoms with Crippen molar-refractivity contribution in [2.24, 2.45) is 17.3 Å². The molecule has 0 radical (unpaired) electrons. The summed E-state index contributed by atoms with van der Waals surface area (Å²) >= 11 is 0. The minimum atomic E-state index is -1.31. The van der Waals surface area contributed by atoms with Crippen molar-refractivity contribution >= 4 is 11.8 Å². The van der Waals surface area contributed by atoms with Crippen LogP contribution in [-0.2, 0) is 9.59 Å². The number of aliphatic hydroxyl groups excluding tert-OH is 1. The zero-order valence-electron chi connectivity index (χ0n) is 16.5. The molecule has 2 N–H and O–H groups in total. The first kappa shape index (κ1) is 21.6. The van der Waals surface area contributed by atoms with Crippen molar-refractivity contribution in [1.29, 1.82) is 0 Å². The van der Waals surface area contributed by atoms with Gasteiger partial charge in [0.2, 0.25) is 0 Å². The number of aliphatic hydroxyl groups is 1. The van der Waals surface area contributed by atoms with Gasteiger partial charge in [-0.3, -0.25) is 4.79 Å². The number of hydrogen-bond donors (Lipinski definition) is 2. The summed E-state index contributed by atoms with van der Waals surface area (Å²) in [7, 11) is 0. The quantitative estimate of drug-likeness (QED) is 0.508. The van der Waals surface area contributed by atoms with Crippen LogP contribution in [0.5, 0.6) is 0 Å². The molecule has 0 bridgehead atoms. The molecule has 4 heteroatoms. The van der Waals surface area contributed by atoms with E-state index in [9.17, 15) is 14.7 Å². The molecule has 2 rings (SSSR count). The Morgan fingerprint density at radius 1 is 1.22 bits per heavy atom. The van der Waals surface area contributed by atoms with E-state index in [1.54, 1.807) is 0 Å². The van der Waals surface area contributed by atoms with Crippen LogP contribution >= 0.6 is 0 Å². The van der Waals surface area contributed by atoms with E-state index in [-0.39, 0.29) is 12.3 Å². The van der Waals surface area contributed by atoms with E-state index >= 15 is 0 Å². The standard InChI is InChI=1S/C23H34O4/c1-2-3-14-23(16-8-17-23)15-7-9-18-12-13-20(24)19(18)10-5-4-6-11-21(25)22(26)27/h2-5,7,9,18-19,21,25H,6,8,10-17H2,1H3,(H,26,27)/b3-2-,5-4-,9-7+/t18-,19+,21?/m0/s1. The molecule has 3 atom stereocenters. The Hall–Kier alpha value is -1.68. The molecule has 1 unspecified atom stereocenters. The first-order valence-electron chi connectivity index (χ1n) is 10.3. The van der Waals surface area contributed by atoms with E-state index in [1.807, 2.05) is 12.2 Å². The van der Waals surface area contributed by atoms with E-state index in [4.69, 9.17) is 5.11 Å². The number of carbonyl (C=O) groups is 2. The van der Waals surface area contributed by atoms with Crippen LogP contribution in [0.1, 0.15) is 71.1 Å². The van der Waals surface area contributed by atoms with Gasteiger partial charge in [0, 0.05) is 12.3 Å². The second-order valence-corrected chi connectivity index (χ2v) is 8.17. The van der Waals surface area contributed by atoms with Gasteiger partial charge in [0.15, 0.2) is 6.10 Å². The Morgan fingerprint density at radius 2 is 1.96 bits per heavy atom. The van der Waals surface area contributed by atoms with E-state index in [2.05, 4.69) is 31.2 Å². The third kappa shape index (κ3) is 6.46. The van der Waals surface area contributed by atoms with Crippen LogP contribution in [0.2, 0.25) is 0 Å². The molecule has 0 aromatic rings. The maximum Gasteiger partial charge on any atom is 0.332 e. The summed E-state index contributed by atoms with van der Waals surface area (Å²) in [5, 5.41) is 17.9. The number of carboxylic acids is 1. The highest BCUT2D eigenvalue weighted by atomic mass is 16.4. The third-order valence-corrected chi connectivity index (χ3v) is 6.24. The van der Waals surface area contributed by atoms with Gasteiger partial charge < -0.3 is 10.2 Å². The monoisotopic (exact) mass is 374 g/mol. The summed E-state index contributed by atoms with van der Waals surface area (Å²) in [5.41, 5.74) is 0.450. The lowest BCUT2D eigenvalue weighted by atomic mass is 9.64. The second-order valence-electron chi connectivity index (χ2n) is 8.17. The van der Waals surface area contributed by atoms with Crippen molar-refractivity contribution in [2.45, 2.75) is 77.2 Å². The number of ketones is 1. The van der Waals surface area contributed by atoms with Crippen molar-refractivity contribution in [2.75, 3.05) is 0 Å². The molecule has 27 heavy (non-hydrogen) atoms. The van der Waals surface area contributed by atoms with E-state index in [1.165, 1.54) is 19.3 Å². The summed E-state index contributed by atoms with van der Waals surface area (Å²) in [4.78, 5) is 22.8. The van der Waals surface area contributed by atoms with Crippen molar-refractivity contribution < 1.29 is 19.8 Å². The number of carbonyl (C=O) groups excluding carboxylic acids is 1. The average molecular weight is 375 g/mol. The second kappa shape index (κ2) is 10.6. The number of carboxylic acid groups (broad SMARTS) is 1. The van der Waals surface area contributed by atoms with Crippen molar-refractivity contribution in [3.05, 3.63) is 36.5 Å². The number of rotatable bonds is 11. The zero-order valence-corrected chi connectivity index (χ0v) is 16.5. The first-order chi connectivity index (χ1) is 13.0. The first-order valence-corrected chi connectivity index (χ1v) is 10.3. The number of aliphatic carboxylic acids is 1. The predicted octanol–water partition coefficient (Wildman–Crippen LogP) is 4.84. The SMILES string of the molecule is C/C=C\CC1(C/C=C/[C@H]2CCC(=O)[C@@H]2C/C=C\CCC(O)C(=O)O)CCC1. The van der Waals surface area contributed by atoms with E-state index in [0.717, 1.165) is 19.3 Å². The summed E-state index contributed by atoms with van der Waals surface area (Å²) in [6.07, 6.45) is 20.8. The average Bonchev–Trinajstić information content (AvgIpc) is 2.96. The molecule has 2 aliphatic rings. The number of allylic oxidation sites excluding steroid dienone is 6. The molecule has 4 nitrogen and oxygen atoms in total. The van der Waals surface area contributed by atoms with Gasteiger partial charge in [0.1, 0.15) is 5.78 Å².